The van der Waals surface area contributed by atoms with Crippen LogP contribution in [-0.4, -0.2) is 44.3 Å². The fourth-order valence-electron chi connectivity index (χ4n) is 3.09. The van der Waals surface area contributed by atoms with Crippen LogP contribution in [0.1, 0.15) is 0 Å². The van der Waals surface area contributed by atoms with E-state index in [9.17, 15) is 0 Å². The molecule has 0 fully saturated rings. The summed E-state index contributed by atoms with van der Waals surface area (Å²) in [5, 5.41) is 6.06. The molecular weight excluding hydrogens is 698 g/mol. The van der Waals surface area contributed by atoms with Gasteiger partial charge in [0.1, 0.15) is 0 Å². The summed E-state index contributed by atoms with van der Waals surface area (Å²) in [4.78, 5) is 0. The molecule has 0 amide bonds. The summed E-state index contributed by atoms with van der Waals surface area (Å²) in [6.07, 6.45) is 0. The van der Waals surface area contributed by atoms with E-state index in [1.54, 1.807) is 0 Å². The van der Waals surface area contributed by atoms with Crippen molar-refractivity contribution in [1.82, 2.24) is 0 Å². The minimum Gasteiger partial charge on any atom is -0.0671 e. The molecule has 0 aromatic heterocycles. The van der Waals surface area contributed by atoms with Crippen LogP contribution in [-0.2, 0) is 21.1 Å². The van der Waals surface area contributed by atoms with Crippen LogP contribution in [0.5, 0.6) is 0 Å². The van der Waals surface area contributed by atoms with Gasteiger partial charge >= 0.3 is 0 Å². The van der Waals surface area contributed by atoms with Crippen LogP contribution in [0.2, 0.25) is 26.2 Å². The Balaban J connectivity index is 0.000000463. The second kappa shape index (κ2) is 21.8. The van der Waals surface area contributed by atoms with E-state index in [1.807, 2.05) is 0 Å². The zero-order chi connectivity index (χ0) is 26.8. The summed E-state index contributed by atoms with van der Waals surface area (Å²) < 4.78 is 0. The molecule has 0 atom stereocenters. The third-order valence-electron chi connectivity index (χ3n) is 5.40. The Morgan fingerprint density at radius 2 is 0.595 bits per heavy atom. The number of hydrogen-bond donors (Lipinski definition) is 0. The third-order valence-corrected chi connectivity index (χ3v) is 11.4. The van der Waals surface area contributed by atoms with E-state index < -0.39 is 0 Å². The molecule has 0 saturated heterocycles. The van der Waals surface area contributed by atoms with Crippen LogP contribution < -0.4 is 21.0 Å². The largest absolute Gasteiger partial charge is 0.0908 e. The normalized spacial score (nSPS) is 9.84. The zero-order valence-electron chi connectivity index (χ0n) is 23.9. The second-order valence-corrected chi connectivity index (χ2v) is 19.8. The van der Waals surface area contributed by atoms with Crippen LogP contribution in [0.25, 0.3) is 0 Å². The van der Waals surface area contributed by atoms with Gasteiger partial charge < -0.3 is 0 Å². The monoisotopic (exact) mass is 743 g/mol. The van der Waals surface area contributed by atoms with Crippen molar-refractivity contribution < 1.29 is 21.1 Å². The summed E-state index contributed by atoms with van der Waals surface area (Å²) in [5.41, 5.74) is 0. The van der Waals surface area contributed by atoms with Crippen molar-refractivity contribution >= 4 is 54.4 Å². The van der Waals surface area contributed by atoms with Crippen molar-refractivity contribution in [2.24, 2.45) is 0 Å². The standard InChI is InChI=1S/2C8H11P.2C8H11Si.Pt/c4*1-9(2)8-6-4-3-5-7-8;/h4*3-7H,1-2H3;/p+2. The van der Waals surface area contributed by atoms with Crippen LogP contribution in [0, 0.1) is 0 Å². The Kier molecular flexibility index (Phi) is 21.1. The van der Waals surface area contributed by atoms with E-state index in [-0.39, 0.29) is 54.5 Å². The van der Waals surface area contributed by atoms with E-state index >= 15 is 0 Å². The van der Waals surface area contributed by atoms with Crippen LogP contribution >= 0.6 is 15.8 Å². The number of hydrogen-bond acceptors (Lipinski definition) is 0. The fraction of sp³-hybridized carbons (Fsp3) is 0.250. The fourth-order valence-corrected chi connectivity index (χ4v) is 6.52. The van der Waals surface area contributed by atoms with Gasteiger partial charge in [-0.1, -0.05) is 134 Å². The van der Waals surface area contributed by atoms with Gasteiger partial charge in [0.05, 0.1) is 54.9 Å². The number of benzene rings is 4. The maximum Gasteiger partial charge on any atom is 0.0908 e. The van der Waals surface area contributed by atoms with Crippen LogP contribution in [0.3, 0.4) is 0 Å². The molecule has 2 radical (unpaired) electrons. The molecule has 0 bridgehead atoms. The van der Waals surface area contributed by atoms with E-state index in [4.69, 9.17) is 0 Å². The van der Waals surface area contributed by atoms with Gasteiger partial charge in [-0.15, -0.1) is 0 Å². The average molecular weight is 744 g/mol. The van der Waals surface area contributed by atoms with Crippen molar-refractivity contribution in [2.75, 3.05) is 26.7 Å². The van der Waals surface area contributed by atoms with Crippen LogP contribution in [0.15, 0.2) is 121 Å². The molecule has 4 rings (SSSR count). The smallest absolute Gasteiger partial charge is 0.0671 e. The van der Waals surface area contributed by atoms with Crippen molar-refractivity contribution in [3.05, 3.63) is 121 Å². The Hall–Kier alpha value is -1.14. The van der Waals surface area contributed by atoms with Crippen molar-refractivity contribution in [1.29, 1.82) is 0 Å². The molecule has 0 nitrogen and oxygen atoms in total. The van der Waals surface area contributed by atoms with Gasteiger partial charge in [0.15, 0.2) is 0 Å². The predicted molar refractivity (Wildman–Crippen MR) is 180 cm³/mol. The average Bonchev–Trinajstić information content (AvgIpc) is 2.92. The van der Waals surface area contributed by atoms with Gasteiger partial charge in [-0.3, -0.25) is 0 Å². The van der Waals surface area contributed by atoms with Gasteiger partial charge in [-0.25, -0.2) is 0 Å². The maximum absolute atomic E-state index is 2.31. The van der Waals surface area contributed by atoms with Crippen molar-refractivity contribution in [3.63, 3.8) is 0 Å². The molecule has 0 saturated carbocycles. The summed E-state index contributed by atoms with van der Waals surface area (Å²) in [5.74, 6) is 0. The van der Waals surface area contributed by atoms with Gasteiger partial charge in [0.25, 0.3) is 0 Å². The van der Waals surface area contributed by atoms with Gasteiger partial charge in [0, 0.05) is 36.9 Å². The van der Waals surface area contributed by atoms with E-state index in [0.717, 1.165) is 0 Å². The molecule has 0 unspecified atom stereocenters. The summed E-state index contributed by atoms with van der Waals surface area (Å²) in [6.45, 7) is 18.4. The summed E-state index contributed by atoms with van der Waals surface area (Å²) >= 11 is 0. The molecule has 0 aliphatic rings. The van der Waals surface area contributed by atoms with Crippen molar-refractivity contribution in [3.8, 4) is 0 Å². The maximum atomic E-state index is 2.31. The Bertz CT molecular complexity index is 853. The minimum absolute atomic E-state index is 0. The van der Waals surface area contributed by atoms with Gasteiger partial charge in [0.2, 0.25) is 0 Å². The molecule has 5 heteroatoms. The molecular formula is C32H46P2PtSi2+2. The molecule has 200 valence electrons. The SMILES string of the molecule is C[PH+](C)c1ccccc1.C[PH+](C)c1ccccc1.C[Si](C)c1ccccc1.C[Si](C)c1ccccc1.[Pt]. The van der Waals surface area contributed by atoms with Crippen LogP contribution in [0.4, 0.5) is 0 Å². The molecule has 0 aliphatic carbocycles. The second-order valence-electron chi connectivity index (χ2n) is 9.46. The molecule has 4 aromatic rings. The first-order chi connectivity index (χ1) is 17.2. The molecule has 0 heterocycles. The Morgan fingerprint density at radius 3 is 0.730 bits per heavy atom. The number of rotatable bonds is 4. The third kappa shape index (κ3) is 17.1. The first-order valence-electron chi connectivity index (χ1n) is 12.6. The Morgan fingerprint density at radius 1 is 0.378 bits per heavy atom. The van der Waals surface area contributed by atoms with E-state index in [1.165, 1.54) is 21.0 Å². The molecule has 0 spiro atoms. The first kappa shape index (κ1) is 35.9. The van der Waals surface area contributed by atoms with Gasteiger partial charge in [-0.2, -0.15) is 0 Å². The summed E-state index contributed by atoms with van der Waals surface area (Å²) in [6, 6.07) is 42.7. The predicted octanol–water partition coefficient (Wildman–Crippen LogP) is 6.86. The molecule has 0 N–H and O–H groups in total. The van der Waals surface area contributed by atoms with E-state index in [2.05, 4.69) is 174 Å². The first-order valence-corrected chi connectivity index (χ1v) is 22.6. The minimum atomic E-state index is -0.212. The zero-order valence-corrected chi connectivity index (χ0v) is 30.1. The quantitative estimate of drug-likeness (QED) is 0.158. The topological polar surface area (TPSA) is 0 Å². The molecule has 4 aromatic carbocycles. The summed E-state index contributed by atoms with van der Waals surface area (Å²) in [7, 11) is -0.849. The van der Waals surface area contributed by atoms with E-state index in [0.29, 0.717) is 0 Å². The Labute approximate surface area is 248 Å². The van der Waals surface area contributed by atoms with Gasteiger partial charge in [-0.05, 0) is 24.3 Å². The van der Waals surface area contributed by atoms with Crippen molar-refractivity contribution in [2.45, 2.75) is 26.2 Å². The molecule has 37 heavy (non-hydrogen) atoms. The molecule has 0 aliphatic heterocycles.